The van der Waals surface area contributed by atoms with Crippen molar-refractivity contribution in [3.05, 3.63) is 76.9 Å². The number of phenolic OH excluding ortho intramolecular Hbond substituents is 2. The largest absolute Gasteiger partial charge is 0.508 e. The van der Waals surface area contributed by atoms with Crippen LogP contribution in [0.15, 0.2) is 54.6 Å². The zero-order chi connectivity index (χ0) is 18.8. The molecule has 134 valence electrons. The molecule has 1 atom stereocenters. The van der Waals surface area contributed by atoms with Crippen LogP contribution in [0.1, 0.15) is 27.0 Å². The molecule has 0 radical (unpaired) electrons. The van der Waals surface area contributed by atoms with Crippen LogP contribution >= 0.6 is 0 Å². The van der Waals surface area contributed by atoms with Crippen molar-refractivity contribution >= 4 is 5.97 Å². The molecule has 2 aliphatic heterocycles. The highest BCUT2D eigenvalue weighted by Crippen LogP contribution is 2.59. The molecule has 27 heavy (non-hydrogen) atoms. The van der Waals surface area contributed by atoms with E-state index in [2.05, 4.69) is 0 Å². The molecular weight excluding hydrogens is 348 g/mol. The van der Waals surface area contributed by atoms with E-state index in [1.165, 1.54) is 31.4 Å². The summed E-state index contributed by atoms with van der Waals surface area (Å²) in [6, 6.07) is 14.6. The Morgan fingerprint density at radius 2 is 1.70 bits per heavy atom. The monoisotopic (exact) mass is 362 g/mol. The molecule has 0 bridgehead atoms. The van der Waals surface area contributed by atoms with E-state index in [0.29, 0.717) is 33.8 Å². The summed E-state index contributed by atoms with van der Waals surface area (Å²) in [4.78, 5) is 12.7. The van der Waals surface area contributed by atoms with Crippen LogP contribution in [0.4, 0.5) is 0 Å². The molecule has 0 fully saturated rings. The predicted octanol–water partition coefficient (Wildman–Crippen LogP) is 3.67. The molecule has 3 aromatic rings. The number of methoxy groups -OCH3 is 1. The maximum atomic E-state index is 12.7. The van der Waals surface area contributed by atoms with Crippen LogP contribution in [-0.4, -0.2) is 23.3 Å². The van der Waals surface area contributed by atoms with Crippen LogP contribution in [0.5, 0.6) is 28.7 Å². The van der Waals surface area contributed by atoms with Crippen LogP contribution < -0.4 is 9.47 Å². The van der Waals surface area contributed by atoms with Gasteiger partial charge in [-0.1, -0.05) is 18.2 Å². The number of hydrogen-bond donors (Lipinski definition) is 2. The maximum absolute atomic E-state index is 12.7. The van der Waals surface area contributed by atoms with Gasteiger partial charge < -0.3 is 24.4 Å². The third-order valence-corrected chi connectivity index (χ3v) is 4.96. The normalized spacial score (nSPS) is 18.9. The molecular formula is C21H14O6. The van der Waals surface area contributed by atoms with Gasteiger partial charge in [0.25, 0.3) is 0 Å². The molecule has 0 saturated carbocycles. The summed E-state index contributed by atoms with van der Waals surface area (Å²) in [5.41, 5.74) is 0.841. The smallest absolute Gasteiger partial charge is 0.340 e. The molecule has 2 heterocycles. The average molecular weight is 362 g/mol. The number of carbonyl (C=O) groups is 1. The molecule has 0 aromatic heterocycles. The van der Waals surface area contributed by atoms with Gasteiger partial charge in [-0.15, -0.1) is 0 Å². The fourth-order valence-electron chi connectivity index (χ4n) is 3.91. The summed E-state index contributed by atoms with van der Waals surface area (Å²) in [6.07, 6.45) is 0. The van der Waals surface area contributed by atoms with Crippen molar-refractivity contribution in [2.24, 2.45) is 0 Å². The minimum atomic E-state index is -1.30. The first kappa shape index (κ1) is 15.6. The van der Waals surface area contributed by atoms with Gasteiger partial charge in [0, 0.05) is 29.3 Å². The third-order valence-electron chi connectivity index (χ3n) is 4.96. The summed E-state index contributed by atoms with van der Waals surface area (Å²) in [5, 5.41) is 20.0. The Bertz CT molecular complexity index is 1120. The molecule has 3 aromatic carbocycles. The molecule has 2 N–H and O–H groups in total. The standard InChI is InChI=1S/C21H14O6/c1-25-17-9-12(23)10-18-19(17)21(15-7-6-11(22)8-16(15)26-18)14-5-3-2-4-13(14)20(24)27-21/h2-10,22-23H,1H3. The number of ether oxygens (including phenoxy) is 3. The van der Waals surface area contributed by atoms with Gasteiger partial charge in [0.15, 0.2) is 5.60 Å². The fourth-order valence-corrected chi connectivity index (χ4v) is 3.91. The van der Waals surface area contributed by atoms with Gasteiger partial charge in [-0.25, -0.2) is 4.79 Å². The second kappa shape index (κ2) is 5.17. The molecule has 2 aliphatic rings. The first-order chi connectivity index (χ1) is 13.0. The number of hydrogen-bond acceptors (Lipinski definition) is 6. The highest BCUT2D eigenvalue weighted by atomic mass is 16.6. The number of carbonyl (C=O) groups excluding carboxylic acids is 1. The summed E-state index contributed by atoms with van der Waals surface area (Å²) in [7, 11) is 1.47. The van der Waals surface area contributed by atoms with Gasteiger partial charge in [0.2, 0.25) is 0 Å². The van der Waals surface area contributed by atoms with E-state index in [1.807, 2.05) is 12.1 Å². The lowest BCUT2D eigenvalue weighted by Gasteiger charge is -2.37. The van der Waals surface area contributed by atoms with E-state index < -0.39 is 11.6 Å². The predicted molar refractivity (Wildman–Crippen MR) is 94.6 cm³/mol. The van der Waals surface area contributed by atoms with Crippen molar-refractivity contribution in [3.63, 3.8) is 0 Å². The zero-order valence-corrected chi connectivity index (χ0v) is 14.2. The second-order valence-corrected chi connectivity index (χ2v) is 6.42. The first-order valence-electron chi connectivity index (χ1n) is 8.30. The topological polar surface area (TPSA) is 85.2 Å². The van der Waals surface area contributed by atoms with E-state index in [-0.39, 0.29) is 17.2 Å². The molecule has 1 spiro atoms. The SMILES string of the molecule is COc1cc(O)cc2c1C1(OC(=O)c3ccccc31)c1ccc(O)cc1O2. The molecule has 0 aliphatic carbocycles. The van der Waals surface area contributed by atoms with Crippen molar-refractivity contribution in [1.29, 1.82) is 0 Å². The molecule has 6 heteroatoms. The van der Waals surface area contributed by atoms with Gasteiger partial charge >= 0.3 is 5.97 Å². The fraction of sp³-hybridized carbons (Fsp3) is 0.0952. The average Bonchev–Trinajstić information content (AvgIpc) is 2.94. The Morgan fingerprint density at radius 1 is 0.926 bits per heavy atom. The van der Waals surface area contributed by atoms with E-state index >= 15 is 0 Å². The van der Waals surface area contributed by atoms with Crippen molar-refractivity contribution < 1.29 is 29.2 Å². The van der Waals surface area contributed by atoms with Crippen LogP contribution in [0.25, 0.3) is 0 Å². The third kappa shape index (κ3) is 1.92. The Balaban J connectivity index is 1.94. The number of fused-ring (bicyclic) bond motifs is 6. The Hall–Kier alpha value is -3.67. The van der Waals surface area contributed by atoms with Crippen molar-refractivity contribution in [3.8, 4) is 28.7 Å². The van der Waals surface area contributed by atoms with E-state index in [0.717, 1.165) is 0 Å². The van der Waals surface area contributed by atoms with E-state index in [1.54, 1.807) is 18.2 Å². The Morgan fingerprint density at radius 3 is 2.52 bits per heavy atom. The van der Waals surface area contributed by atoms with Crippen LogP contribution in [-0.2, 0) is 10.3 Å². The van der Waals surface area contributed by atoms with Crippen LogP contribution in [0.3, 0.4) is 0 Å². The molecule has 0 amide bonds. The molecule has 5 rings (SSSR count). The maximum Gasteiger partial charge on any atom is 0.340 e. The van der Waals surface area contributed by atoms with Gasteiger partial charge in [-0.3, -0.25) is 0 Å². The van der Waals surface area contributed by atoms with Gasteiger partial charge in [-0.2, -0.15) is 0 Å². The van der Waals surface area contributed by atoms with Crippen molar-refractivity contribution in [2.75, 3.05) is 7.11 Å². The van der Waals surface area contributed by atoms with Gasteiger partial charge in [-0.05, 0) is 18.2 Å². The number of rotatable bonds is 1. The van der Waals surface area contributed by atoms with Gasteiger partial charge in [0.05, 0.1) is 18.2 Å². The lowest BCUT2D eigenvalue weighted by Crippen LogP contribution is -2.33. The lowest BCUT2D eigenvalue weighted by atomic mass is 9.77. The summed E-state index contributed by atoms with van der Waals surface area (Å²) in [5.74, 6) is 0.439. The molecule has 6 nitrogen and oxygen atoms in total. The first-order valence-corrected chi connectivity index (χ1v) is 8.30. The Labute approximate surface area is 154 Å². The second-order valence-electron chi connectivity index (χ2n) is 6.42. The molecule has 0 saturated heterocycles. The number of aromatic hydroxyl groups is 2. The Kier molecular flexibility index (Phi) is 2.98. The minimum absolute atomic E-state index is 0.0112. The summed E-state index contributed by atoms with van der Waals surface area (Å²) < 4.78 is 17.4. The van der Waals surface area contributed by atoms with Crippen LogP contribution in [0.2, 0.25) is 0 Å². The van der Waals surface area contributed by atoms with Crippen molar-refractivity contribution in [1.82, 2.24) is 0 Å². The number of benzene rings is 3. The highest BCUT2D eigenvalue weighted by Gasteiger charge is 2.55. The number of esters is 1. The lowest BCUT2D eigenvalue weighted by molar-refractivity contribution is 0.0217. The van der Waals surface area contributed by atoms with E-state index in [4.69, 9.17) is 14.2 Å². The summed E-state index contributed by atoms with van der Waals surface area (Å²) >= 11 is 0. The summed E-state index contributed by atoms with van der Waals surface area (Å²) in [6.45, 7) is 0. The quantitative estimate of drug-likeness (QED) is 0.643. The zero-order valence-electron chi connectivity index (χ0n) is 14.2. The molecule has 1 unspecified atom stereocenters. The van der Waals surface area contributed by atoms with Crippen molar-refractivity contribution in [2.45, 2.75) is 5.60 Å². The van der Waals surface area contributed by atoms with Crippen LogP contribution in [0, 0.1) is 0 Å². The number of phenols is 2. The van der Waals surface area contributed by atoms with E-state index in [9.17, 15) is 15.0 Å². The van der Waals surface area contributed by atoms with Gasteiger partial charge in [0.1, 0.15) is 28.7 Å². The minimum Gasteiger partial charge on any atom is -0.508 e. The highest BCUT2D eigenvalue weighted by molar-refractivity contribution is 5.97.